The zero-order valence-corrected chi connectivity index (χ0v) is 14.4. The fourth-order valence-electron chi connectivity index (χ4n) is 2.84. The molecule has 130 valence electrons. The Bertz CT molecular complexity index is 1090. The second kappa shape index (κ2) is 6.65. The van der Waals surface area contributed by atoms with Gasteiger partial charge >= 0.3 is 5.97 Å². The zero-order valence-electron chi connectivity index (χ0n) is 13.7. The van der Waals surface area contributed by atoms with Gasteiger partial charge in [0.2, 0.25) is 5.95 Å². The monoisotopic (exact) mass is 366 g/mol. The topological polar surface area (TPSA) is 83.8 Å². The number of hydrogen-bond acceptors (Lipinski definition) is 3. The van der Waals surface area contributed by atoms with Crippen LogP contribution in [-0.2, 0) is 12.8 Å². The second-order valence-electron chi connectivity index (χ2n) is 5.99. The van der Waals surface area contributed by atoms with Crippen molar-refractivity contribution in [3.63, 3.8) is 0 Å². The van der Waals surface area contributed by atoms with Gasteiger partial charge in [0.15, 0.2) is 0 Å². The molecule has 0 amide bonds. The van der Waals surface area contributed by atoms with Crippen molar-refractivity contribution in [2.24, 2.45) is 0 Å². The number of aromatic amines is 1. The maximum absolute atomic E-state index is 11.0. The highest BCUT2D eigenvalue weighted by Crippen LogP contribution is 2.25. The molecule has 0 saturated carbocycles. The Morgan fingerprint density at radius 2 is 2.00 bits per heavy atom. The van der Waals surface area contributed by atoms with Crippen LogP contribution in [0.2, 0.25) is 5.02 Å². The van der Waals surface area contributed by atoms with Gasteiger partial charge in [0.25, 0.3) is 0 Å². The molecule has 2 heterocycles. The SMILES string of the molecule is O=C(O)c1cnn(-c2nc3cc(Cl)c(CCc4ccccc4)cc3[nH]2)c1. The van der Waals surface area contributed by atoms with E-state index >= 15 is 0 Å². The summed E-state index contributed by atoms with van der Waals surface area (Å²) >= 11 is 6.42. The Labute approximate surface area is 154 Å². The number of aromatic nitrogens is 4. The van der Waals surface area contributed by atoms with Crippen LogP contribution in [0, 0.1) is 0 Å². The lowest BCUT2D eigenvalue weighted by molar-refractivity contribution is 0.0697. The van der Waals surface area contributed by atoms with Gasteiger partial charge < -0.3 is 10.1 Å². The van der Waals surface area contributed by atoms with Crippen LogP contribution in [0.4, 0.5) is 0 Å². The quantitative estimate of drug-likeness (QED) is 0.561. The van der Waals surface area contributed by atoms with Gasteiger partial charge in [-0.15, -0.1) is 0 Å². The number of benzene rings is 2. The van der Waals surface area contributed by atoms with E-state index in [1.807, 2.05) is 30.3 Å². The van der Waals surface area contributed by atoms with E-state index in [4.69, 9.17) is 16.7 Å². The Kier molecular flexibility index (Phi) is 4.18. The van der Waals surface area contributed by atoms with E-state index in [1.165, 1.54) is 22.6 Å². The van der Waals surface area contributed by atoms with Crippen LogP contribution in [0.1, 0.15) is 21.5 Å². The van der Waals surface area contributed by atoms with E-state index in [9.17, 15) is 4.79 Å². The number of nitrogens with one attached hydrogen (secondary N) is 1. The molecule has 2 N–H and O–H groups in total. The molecule has 2 aromatic carbocycles. The molecule has 0 unspecified atom stereocenters. The van der Waals surface area contributed by atoms with Gasteiger partial charge in [-0.2, -0.15) is 5.10 Å². The summed E-state index contributed by atoms with van der Waals surface area (Å²) < 4.78 is 1.40. The van der Waals surface area contributed by atoms with Gasteiger partial charge in [-0.1, -0.05) is 41.9 Å². The number of carbonyl (C=O) groups is 1. The van der Waals surface area contributed by atoms with Crippen LogP contribution >= 0.6 is 11.6 Å². The first-order valence-electron chi connectivity index (χ1n) is 8.10. The lowest BCUT2D eigenvalue weighted by Gasteiger charge is -2.05. The summed E-state index contributed by atoms with van der Waals surface area (Å²) in [6.07, 6.45) is 4.41. The Balaban J connectivity index is 1.62. The van der Waals surface area contributed by atoms with Gasteiger partial charge in [-0.25, -0.2) is 14.5 Å². The largest absolute Gasteiger partial charge is 0.478 e. The molecule has 0 spiro atoms. The summed E-state index contributed by atoms with van der Waals surface area (Å²) in [6, 6.07) is 14.0. The zero-order chi connectivity index (χ0) is 18.1. The average Bonchev–Trinajstić information content (AvgIpc) is 3.27. The maximum atomic E-state index is 11.0. The maximum Gasteiger partial charge on any atom is 0.338 e. The number of hydrogen-bond donors (Lipinski definition) is 2. The molecular formula is C19H15ClN4O2. The molecule has 0 saturated heterocycles. The number of carboxylic acid groups (broad SMARTS) is 1. The summed E-state index contributed by atoms with van der Waals surface area (Å²) in [6.45, 7) is 0. The van der Waals surface area contributed by atoms with Crippen LogP contribution in [0.5, 0.6) is 0 Å². The molecule has 0 aliphatic heterocycles. The number of imidazole rings is 1. The summed E-state index contributed by atoms with van der Waals surface area (Å²) in [5.41, 5.74) is 3.93. The Morgan fingerprint density at radius 1 is 1.19 bits per heavy atom. The van der Waals surface area contributed by atoms with Crippen LogP contribution in [-0.4, -0.2) is 30.8 Å². The summed E-state index contributed by atoms with van der Waals surface area (Å²) in [4.78, 5) is 18.6. The van der Waals surface area contributed by atoms with Gasteiger partial charge in [-0.05, 0) is 36.1 Å². The van der Waals surface area contributed by atoms with E-state index in [1.54, 1.807) is 0 Å². The van der Waals surface area contributed by atoms with Gasteiger partial charge in [0, 0.05) is 11.2 Å². The highest BCUT2D eigenvalue weighted by Gasteiger charge is 2.12. The molecule has 0 radical (unpaired) electrons. The van der Waals surface area contributed by atoms with Crippen molar-refractivity contribution in [3.8, 4) is 5.95 Å². The van der Waals surface area contributed by atoms with Crippen molar-refractivity contribution >= 4 is 28.6 Å². The van der Waals surface area contributed by atoms with Crippen molar-refractivity contribution in [1.82, 2.24) is 19.7 Å². The normalized spacial score (nSPS) is 11.1. The fraction of sp³-hybridized carbons (Fsp3) is 0.105. The van der Waals surface area contributed by atoms with E-state index in [0.29, 0.717) is 16.5 Å². The summed E-state index contributed by atoms with van der Waals surface area (Å²) in [7, 11) is 0. The number of nitrogens with zero attached hydrogens (tertiary/aromatic N) is 3. The third-order valence-electron chi connectivity index (χ3n) is 4.21. The first-order valence-corrected chi connectivity index (χ1v) is 8.48. The number of aryl methyl sites for hydroxylation is 2. The highest BCUT2D eigenvalue weighted by molar-refractivity contribution is 6.32. The predicted octanol–water partition coefficient (Wildman–Crippen LogP) is 3.89. The number of rotatable bonds is 5. The van der Waals surface area contributed by atoms with Crippen molar-refractivity contribution < 1.29 is 9.90 Å². The van der Waals surface area contributed by atoms with Gasteiger partial charge in [0.05, 0.1) is 22.8 Å². The minimum Gasteiger partial charge on any atom is -0.478 e. The van der Waals surface area contributed by atoms with Crippen molar-refractivity contribution in [1.29, 1.82) is 0 Å². The van der Waals surface area contributed by atoms with Crippen LogP contribution in [0.3, 0.4) is 0 Å². The number of aromatic carboxylic acids is 1. The van der Waals surface area contributed by atoms with Gasteiger partial charge in [-0.3, -0.25) is 0 Å². The van der Waals surface area contributed by atoms with Crippen LogP contribution < -0.4 is 0 Å². The molecule has 4 rings (SSSR count). The Hall–Kier alpha value is -3.12. The third-order valence-corrected chi connectivity index (χ3v) is 4.56. The molecule has 0 aliphatic carbocycles. The summed E-state index contributed by atoms with van der Waals surface area (Å²) in [5, 5.41) is 13.7. The molecule has 0 atom stereocenters. The standard InChI is InChI=1S/C19H15ClN4O2/c20-15-9-17-16(8-13(15)7-6-12-4-2-1-3-5-12)22-19(23-17)24-11-14(10-21-24)18(25)26/h1-5,8-11H,6-7H2,(H,22,23)(H,25,26). The van der Waals surface area contributed by atoms with E-state index in [0.717, 1.165) is 23.9 Å². The molecule has 0 bridgehead atoms. The van der Waals surface area contributed by atoms with Crippen molar-refractivity contribution in [2.45, 2.75) is 12.8 Å². The third kappa shape index (κ3) is 3.19. The lowest BCUT2D eigenvalue weighted by atomic mass is 10.0. The molecular weight excluding hydrogens is 352 g/mol. The number of halogens is 1. The molecule has 4 aromatic rings. The fourth-order valence-corrected chi connectivity index (χ4v) is 3.09. The highest BCUT2D eigenvalue weighted by atomic mass is 35.5. The van der Waals surface area contributed by atoms with E-state index in [-0.39, 0.29) is 5.56 Å². The van der Waals surface area contributed by atoms with Crippen molar-refractivity contribution in [3.05, 3.63) is 76.6 Å². The summed E-state index contributed by atoms with van der Waals surface area (Å²) in [5.74, 6) is -0.581. The van der Waals surface area contributed by atoms with Crippen molar-refractivity contribution in [2.75, 3.05) is 0 Å². The smallest absolute Gasteiger partial charge is 0.338 e. The molecule has 7 heteroatoms. The first kappa shape index (κ1) is 16.4. The molecule has 26 heavy (non-hydrogen) atoms. The predicted molar refractivity (Wildman–Crippen MR) is 99.0 cm³/mol. The van der Waals surface area contributed by atoms with E-state index < -0.39 is 5.97 Å². The second-order valence-corrected chi connectivity index (χ2v) is 6.39. The Morgan fingerprint density at radius 3 is 2.73 bits per heavy atom. The average molecular weight is 367 g/mol. The van der Waals surface area contributed by atoms with Crippen LogP contribution in [0.25, 0.3) is 17.0 Å². The number of carboxylic acids is 1. The number of fused-ring (bicyclic) bond motifs is 1. The van der Waals surface area contributed by atoms with Crippen LogP contribution in [0.15, 0.2) is 54.9 Å². The number of H-pyrrole nitrogens is 1. The first-order chi connectivity index (χ1) is 12.6. The molecule has 0 aliphatic rings. The molecule has 2 aromatic heterocycles. The molecule has 0 fully saturated rings. The van der Waals surface area contributed by atoms with E-state index in [2.05, 4.69) is 27.2 Å². The lowest BCUT2D eigenvalue weighted by Crippen LogP contribution is -1.97. The van der Waals surface area contributed by atoms with Gasteiger partial charge in [0.1, 0.15) is 0 Å². The minimum absolute atomic E-state index is 0.104. The minimum atomic E-state index is -1.03. The molecule has 6 nitrogen and oxygen atoms in total.